The molecule has 0 aliphatic carbocycles. The first-order valence-electron chi connectivity index (χ1n) is 30.4. The molecule has 0 unspecified atom stereocenters. The minimum Gasteiger partial charge on any atom is -0.507 e. The van der Waals surface area contributed by atoms with Gasteiger partial charge in [0, 0.05) is 40.7 Å². The Balaban J connectivity index is 1.40. The van der Waals surface area contributed by atoms with E-state index < -0.39 is 44.1 Å². The van der Waals surface area contributed by atoms with Gasteiger partial charge in [-0.1, -0.05) is 183 Å². The fourth-order valence-corrected chi connectivity index (χ4v) is 9.29. The lowest BCUT2D eigenvalue weighted by molar-refractivity contribution is 0.446. The Morgan fingerprint density at radius 1 is 0.565 bits per heavy atom. The van der Waals surface area contributed by atoms with Crippen LogP contribution in [0, 0.1) is 6.85 Å². The maximum atomic E-state index is 12.6. The molecule has 0 amide bonds. The zero-order valence-corrected chi connectivity index (χ0v) is 42.5. The van der Waals surface area contributed by atoms with Gasteiger partial charge in [0.25, 0.3) is 0 Å². The molecule has 0 bridgehead atoms. The van der Waals surface area contributed by atoms with E-state index >= 15 is 0 Å². The Hall–Kier alpha value is -6.26. The van der Waals surface area contributed by atoms with Crippen molar-refractivity contribution in [3.05, 3.63) is 166 Å². The lowest BCUT2D eigenvalue weighted by Gasteiger charge is -2.27. The van der Waals surface area contributed by atoms with E-state index in [1.807, 2.05) is 112 Å². The minimum atomic E-state index is -3.40. The Morgan fingerprint density at radius 2 is 1.22 bits per heavy atom. The van der Waals surface area contributed by atoms with Crippen LogP contribution in [0.1, 0.15) is 179 Å². The van der Waals surface area contributed by atoms with Gasteiger partial charge in [0.1, 0.15) is 11.6 Å². The number of benzene rings is 6. The van der Waals surface area contributed by atoms with Crippen LogP contribution in [0.25, 0.3) is 72.7 Å². The molecular weight excluding hydrogens is 839 g/mol. The molecule has 8 aromatic rings. The van der Waals surface area contributed by atoms with Crippen molar-refractivity contribution in [1.82, 2.24) is 14.5 Å². The van der Waals surface area contributed by atoms with Crippen LogP contribution in [-0.2, 0) is 21.7 Å². The first-order valence-corrected chi connectivity index (χ1v) is 23.9. The minimum absolute atomic E-state index is 0.0302. The topological polar surface area (TPSA) is 50.9 Å². The highest BCUT2D eigenvalue weighted by Crippen LogP contribution is 2.46. The summed E-state index contributed by atoms with van der Waals surface area (Å²) in [5.74, 6) is -0.572. The number of aryl methyl sites for hydroxylation is 1. The van der Waals surface area contributed by atoms with E-state index in [1.54, 1.807) is 18.3 Å². The molecule has 0 saturated carbocycles. The lowest BCUT2D eigenvalue weighted by atomic mass is 9.79. The number of imidazole rings is 1. The number of aromatic nitrogens is 3. The van der Waals surface area contributed by atoms with E-state index in [0.29, 0.717) is 56.1 Å². The number of hydrogen-bond acceptors (Lipinski definition) is 3. The maximum absolute atomic E-state index is 12.6. The van der Waals surface area contributed by atoms with Crippen molar-refractivity contribution in [2.75, 3.05) is 0 Å². The normalized spacial score (nSPS) is 16.4. The molecular formula is C65H75N3O. The summed E-state index contributed by atoms with van der Waals surface area (Å²) >= 11 is 0. The average molecular weight is 927 g/mol. The standard InChI is InChI=1S/C65H75N3O/c1-39(2)50-20-18-21-51(40(3)4)58(50)44-26-29-56(41(5)32-44)68-57-23-19-22-52(59(57)67-61(68)53-37-49(64(12,13)14)38-54(60(53)69)65(15,16)17)45-33-46(35-48(34-45)63(9,10)11)55-36-43(30-31-66-55)42-24-27-47(28-25-42)62(6,7)8/h18-40,69H,1-17H3/i5D3,6D3,7D3,8D3,39D. The zero-order valence-electron chi connectivity index (χ0n) is 55.5. The quantitative estimate of drug-likeness (QED) is 0.165. The summed E-state index contributed by atoms with van der Waals surface area (Å²) in [7, 11) is 0. The van der Waals surface area contributed by atoms with Gasteiger partial charge in [-0.05, 0) is 150 Å². The lowest BCUT2D eigenvalue weighted by Crippen LogP contribution is -2.17. The van der Waals surface area contributed by atoms with Gasteiger partial charge in [-0.2, -0.15) is 0 Å². The number of fused-ring (bicyclic) bond motifs is 1. The van der Waals surface area contributed by atoms with Crippen molar-refractivity contribution >= 4 is 11.0 Å². The first kappa shape index (κ1) is 34.9. The van der Waals surface area contributed by atoms with Crippen LogP contribution >= 0.6 is 0 Å². The first-order chi connectivity index (χ1) is 37.5. The molecule has 8 rings (SSSR count). The van der Waals surface area contributed by atoms with Crippen molar-refractivity contribution in [2.24, 2.45) is 0 Å². The third-order valence-corrected chi connectivity index (χ3v) is 13.3. The highest BCUT2D eigenvalue weighted by molar-refractivity contribution is 5.97. The van der Waals surface area contributed by atoms with Gasteiger partial charge in [0.2, 0.25) is 0 Å². The largest absolute Gasteiger partial charge is 0.507 e. The number of hydrogen-bond donors (Lipinski definition) is 1. The Kier molecular flexibility index (Phi) is 9.07. The van der Waals surface area contributed by atoms with Crippen molar-refractivity contribution in [2.45, 2.75) is 151 Å². The molecule has 0 spiro atoms. The van der Waals surface area contributed by atoms with Gasteiger partial charge < -0.3 is 5.11 Å². The fourth-order valence-electron chi connectivity index (χ4n) is 9.29. The molecule has 0 radical (unpaired) electrons. The number of pyridine rings is 1. The molecule has 4 nitrogen and oxygen atoms in total. The van der Waals surface area contributed by atoms with E-state index in [9.17, 15) is 10.6 Å². The second-order valence-corrected chi connectivity index (χ2v) is 22.3. The van der Waals surface area contributed by atoms with E-state index in [1.165, 1.54) is 24.3 Å². The van der Waals surface area contributed by atoms with E-state index in [4.69, 9.17) is 22.3 Å². The summed E-state index contributed by atoms with van der Waals surface area (Å²) < 4.78 is 113. The molecule has 0 saturated heterocycles. The number of para-hydroxylation sites is 1. The highest BCUT2D eigenvalue weighted by atomic mass is 16.3. The number of phenolic OH excluding ortho intramolecular Hbond substituents is 1. The summed E-state index contributed by atoms with van der Waals surface area (Å²) in [5, 5.41) is 12.6. The molecule has 0 atom stereocenters. The highest BCUT2D eigenvalue weighted by Gasteiger charge is 2.30. The Bertz CT molecular complexity index is 3680. The SMILES string of the molecule is [2H]C([2H])([2H])c1cc(-c2c(C(C)C)cccc2C([2H])(C)C)ccc1-n1c(-c2cc(C(C)(C)C)cc(C(C)(C)C)c2O)nc2c(-c3cc(-c4cc(-c5ccc(C(C([2H])([2H])[2H])(C([2H])([2H])[2H])C([2H])([2H])[2H])cc5)ccn4)cc(C(C)(C)C)c3)cccc21. The van der Waals surface area contributed by atoms with Gasteiger partial charge in [0.05, 0.1) is 28.0 Å². The average Bonchev–Trinajstić information content (AvgIpc) is 3.42. The number of phenols is 1. The summed E-state index contributed by atoms with van der Waals surface area (Å²) in [4.78, 5) is 10.4. The van der Waals surface area contributed by atoms with Gasteiger partial charge in [-0.3, -0.25) is 9.55 Å². The Labute approximate surface area is 432 Å². The predicted octanol–water partition coefficient (Wildman–Crippen LogP) is 18.2. The summed E-state index contributed by atoms with van der Waals surface area (Å²) in [6.07, 6.45) is 1.64. The van der Waals surface area contributed by atoms with Crippen LogP contribution < -0.4 is 0 Å². The van der Waals surface area contributed by atoms with Crippen LogP contribution in [0.5, 0.6) is 5.75 Å². The Morgan fingerprint density at radius 3 is 1.86 bits per heavy atom. The molecule has 69 heavy (non-hydrogen) atoms. The second kappa shape index (κ2) is 17.9. The molecule has 2 aromatic heterocycles. The van der Waals surface area contributed by atoms with Gasteiger partial charge in [-0.15, -0.1) is 0 Å². The molecule has 0 aliphatic rings. The van der Waals surface area contributed by atoms with Crippen LogP contribution in [0.4, 0.5) is 0 Å². The molecule has 0 aliphatic heterocycles. The summed E-state index contributed by atoms with van der Waals surface area (Å²) in [6.45, 7) is 13.8. The van der Waals surface area contributed by atoms with E-state index in [2.05, 4.69) is 67.5 Å². The fraction of sp³-hybridized carbons (Fsp3) is 0.354. The van der Waals surface area contributed by atoms with Crippen molar-refractivity contribution in [1.29, 1.82) is 0 Å². The van der Waals surface area contributed by atoms with E-state index in [0.717, 1.165) is 44.5 Å². The van der Waals surface area contributed by atoms with E-state index in [-0.39, 0.29) is 33.6 Å². The summed E-state index contributed by atoms with van der Waals surface area (Å²) in [6, 6.07) is 36.7. The number of aromatic hydroxyl groups is 1. The number of nitrogens with zero attached hydrogens (tertiary/aromatic N) is 3. The molecule has 1 N–H and O–H groups in total. The van der Waals surface area contributed by atoms with Crippen LogP contribution in [0.3, 0.4) is 0 Å². The van der Waals surface area contributed by atoms with Crippen molar-refractivity contribution < 1.29 is 22.9 Å². The second-order valence-electron chi connectivity index (χ2n) is 22.3. The molecule has 2 heterocycles. The van der Waals surface area contributed by atoms with Crippen LogP contribution in [0.15, 0.2) is 128 Å². The predicted molar refractivity (Wildman–Crippen MR) is 295 cm³/mol. The maximum Gasteiger partial charge on any atom is 0.149 e. The van der Waals surface area contributed by atoms with Crippen molar-refractivity contribution in [3.8, 4) is 67.5 Å². The zero-order chi connectivity index (χ0) is 61.0. The molecule has 4 heteroatoms. The van der Waals surface area contributed by atoms with Gasteiger partial charge in [0.15, 0.2) is 0 Å². The summed E-state index contributed by atoms with van der Waals surface area (Å²) in [5.41, 5.74) is 7.16. The third kappa shape index (κ3) is 9.70. The molecule has 6 aromatic carbocycles. The van der Waals surface area contributed by atoms with Gasteiger partial charge >= 0.3 is 0 Å². The smallest absolute Gasteiger partial charge is 0.149 e. The monoisotopic (exact) mass is 927 g/mol. The van der Waals surface area contributed by atoms with Crippen LogP contribution in [0.2, 0.25) is 0 Å². The molecule has 0 fully saturated rings. The van der Waals surface area contributed by atoms with Crippen LogP contribution in [-0.4, -0.2) is 19.6 Å². The third-order valence-electron chi connectivity index (χ3n) is 13.3. The molecule has 356 valence electrons. The van der Waals surface area contributed by atoms with Gasteiger partial charge in [-0.25, -0.2) is 4.98 Å². The number of rotatable bonds is 8. The van der Waals surface area contributed by atoms with Crippen molar-refractivity contribution in [3.63, 3.8) is 0 Å².